The van der Waals surface area contributed by atoms with E-state index in [1.165, 1.54) is 11.1 Å². The number of hydrogen-bond acceptors (Lipinski definition) is 5. The van der Waals surface area contributed by atoms with Crippen molar-refractivity contribution in [2.45, 2.75) is 71.1 Å². The van der Waals surface area contributed by atoms with Crippen LogP contribution in [0.1, 0.15) is 37.5 Å². The molecule has 0 amide bonds. The van der Waals surface area contributed by atoms with Crippen LogP contribution >= 0.6 is 0 Å². The zero-order chi connectivity index (χ0) is 23.1. The fourth-order valence-corrected chi connectivity index (χ4v) is 4.86. The molecule has 170 valence electrons. The van der Waals surface area contributed by atoms with Crippen LogP contribution in [0.4, 0.5) is 5.69 Å². The summed E-state index contributed by atoms with van der Waals surface area (Å²) in [6.45, 7) is 11.0. The van der Waals surface area contributed by atoms with Gasteiger partial charge in [0.1, 0.15) is 12.4 Å². The van der Waals surface area contributed by atoms with Gasteiger partial charge in [-0.1, -0.05) is 45.0 Å². The summed E-state index contributed by atoms with van der Waals surface area (Å²) in [7, 11) is -1.98. The zero-order valence-corrected chi connectivity index (χ0v) is 20.6. The number of aliphatic hydroxyl groups excluding tert-OH is 1. The van der Waals surface area contributed by atoms with E-state index in [-0.39, 0.29) is 23.1 Å². The Bertz CT molecular complexity index is 1170. The molecule has 32 heavy (non-hydrogen) atoms. The lowest BCUT2D eigenvalue weighted by Gasteiger charge is -2.36. The molecule has 1 aromatic carbocycles. The second-order valence-corrected chi connectivity index (χ2v) is 15.1. The lowest BCUT2D eigenvalue weighted by Crippen LogP contribution is -2.41. The lowest BCUT2D eigenvalue weighted by molar-refractivity contribution is 0.214. The Morgan fingerprint density at radius 3 is 2.47 bits per heavy atom. The summed E-state index contributed by atoms with van der Waals surface area (Å²) in [5, 5.41) is 13.9. The van der Waals surface area contributed by atoms with Crippen LogP contribution in [0.3, 0.4) is 0 Å². The molecule has 0 unspecified atom stereocenters. The van der Waals surface area contributed by atoms with Crippen LogP contribution in [0.2, 0.25) is 18.1 Å². The van der Waals surface area contributed by atoms with Gasteiger partial charge in [0.15, 0.2) is 13.7 Å². The van der Waals surface area contributed by atoms with Crippen LogP contribution in [0, 0.1) is 0 Å². The molecule has 0 fully saturated rings. The van der Waals surface area contributed by atoms with E-state index in [4.69, 9.17) is 4.43 Å². The first-order valence-electron chi connectivity index (χ1n) is 11.2. The van der Waals surface area contributed by atoms with Gasteiger partial charge in [-0.3, -0.25) is 4.79 Å². The third-order valence-electron chi connectivity index (χ3n) is 6.95. The zero-order valence-electron chi connectivity index (χ0n) is 19.6. The predicted molar refractivity (Wildman–Crippen MR) is 131 cm³/mol. The molecular formula is C25H33N3O3Si. The summed E-state index contributed by atoms with van der Waals surface area (Å²) in [5.41, 5.74) is 4.30. The highest BCUT2D eigenvalue weighted by molar-refractivity contribution is 6.74. The molecule has 0 spiro atoms. The van der Waals surface area contributed by atoms with E-state index in [2.05, 4.69) is 68.4 Å². The maximum Gasteiger partial charge on any atom is 0.196 e. The van der Waals surface area contributed by atoms with Gasteiger partial charge in [-0.05, 0) is 48.2 Å². The average Bonchev–Trinajstić information content (AvgIpc) is 3.15. The smallest absolute Gasteiger partial charge is 0.196 e. The average molecular weight is 452 g/mol. The molecule has 0 radical (unpaired) electrons. The van der Waals surface area contributed by atoms with E-state index in [0.717, 1.165) is 18.5 Å². The third-order valence-corrected chi connectivity index (χ3v) is 11.4. The Labute approximate surface area is 190 Å². The Balaban J connectivity index is 1.63. The summed E-state index contributed by atoms with van der Waals surface area (Å²) < 4.78 is 8.21. The van der Waals surface area contributed by atoms with E-state index in [1.54, 1.807) is 12.4 Å². The predicted octanol–water partition coefficient (Wildman–Crippen LogP) is 4.45. The molecule has 2 N–H and O–H groups in total. The molecule has 0 aliphatic heterocycles. The van der Waals surface area contributed by atoms with Gasteiger partial charge in [-0.25, -0.2) is 4.98 Å². The lowest BCUT2D eigenvalue weighted by atomic mass is 10.1. The van der Waals surface area contributed by atoms with Crippen LogP contribution in [0.15, 0.2) is 47.5 Å². The summed E-state index contributed by atoms with van der Waals surface area (Å²) in [6.07, 6.45) is 5.36. The van der Waals surface area contributed by atoms with Gasteiger partial charge in [0.05, 0.1) is 23.9 Å². The van der Waals surface area contributed by atoms with Crippen molar-refractivity contribution in [1.29, 1.82) is 0 Å². The Morgan fingerprint density at radius 2 is 1.88 bits per heavy atom. The Kier molecular flexibility index (Phi) is 6.00. The van der Waals surface area contributed by atoms with Crippen LogP contribution in [0.5, 0.6) is 0 Å². The van der Waals surface area contributed by atoms with E-state index < -0.39 is 8.32 Å². The van der Waals surface area contributed by atoms with Crippen LogP contribution in [-0.2, 0) is 30.6 Å². The normalized spacial score (nSPS) is 14.7. The second-order valence-electron chi connectivity index (χ2n) is 10.3. The fraction of sp³-hybridized carbons (Fsp3) is 0.440. The molecule has 4 rings (SSSR count). The molecule has 7 heteroatoms. The minimum atomic E-state index is -1.98. The van der Waals surface area contributed by atoms with Crippen molar-refractivity contribution >= 4 is 25.0 Å². The summed E-state index contributed by atoms with van der Waals surface area (Å²) >= 11 is 0. The number of hydrogen-bond donors (Lipinski definition) is 2. The monoisotopic (exact) mass is 451 g/mol. The first-order valence-corrected chi connectivity index (χ1v) is 14.1. The molecule has 0 atom stereocenters. The molecular weight excluding hydrogens is 418 g/mol. The highest BCUT2D eigenvalue weighted by atomic mass is 28.4. The Morgan fingerprint density at radius 1 is 1.22 bits per heavy atom. The molecule has 1 aliphatic carbocycles. The highest BCUT2D eigenvalue weighted by Gasteiger charge is 2.37. The first kappa shape index (κ1) is 22.7. The van der Waals surface area contributed by atoms with E-state index in [9.17, 15) is 9.90 Å². The number of rotatable bonds is 6. The van der Waals surface area contributed by atoms with Crippen molar-refractivity contribution in [3.05, 3.63) is 69.6 Å². The molecule has 0 saturated carbocycles. The number of fused-ring (bicyclic) bond motifs is 2. The standard InChI is InChI=1S/C25H33N3O3Si/c1-25(2,3)32(4,5)31-16-28-14-19(15-29)23(30)22-12-21(13-26-24(22)28)27-20-10-17-8-6-7-9-18(17)11-20/h6-9,12-14,20,27,29H,10-11,15-16H2,1-5H3. The maximum absolute atomic E-state index is 13.0. The number of aliphatic hydroxyl groups is 1. The maximum atomic E-state index is 13.0. The van der Waals surface area contributed by atoms with Gasteiger partial charge < -0.3 is 19.4 Å². The molecule has 1 aliphatic rings. The Hall–Kier alpha value is -2.48. The number of pyridine rings is 2. The third kappa shape index (κ3) is 4.37. The van der Waals surface area contributed by atoms with Crippen molar-refractivity contribution in [1.82, 2.24) is 9.55 Å². The van der Waals surface area contributed by atoms with Crippen molar-refractivity contribution < 1.29 is 9.53 Å². The minimum absolute atomic E-state index is 0.0744. The first-order chi connectivity index (χ1) is 15.1. The van der Waals surface area contributed by atoms with Gasteiger partial charge >= 0.3 is 0 Å². The van der Waals surface area contributed by atoms with E-state index in [0.29, 0.717) is 23.3 Å². The minimum Gasteiger partial charge on any atom is -0.399 e. The van der Waals surface area contributed by atoms with E-state index >= 15 is 0 Å². The van der Waals surface area contributed by atoms with Crippen molar-refractivity contribution in [3.8, 4) is 0 Å². The number of aromatic nitrogens is 2. The van der Waals surface area contributed by atoms with Gasteiger partial charge in [-0.15, -0.1) is 0 Å². The number of nitrogens with zero attached hydrogens (tertiary/aromatic N) is 2. The van der Waals surface area contributed by atoms with Crippen LogP contribution < -0.4 is 10.7 Å². The number of nitrogens with one attached hydrogen (secondary N) is 1. The van der Waals surface area contributed by atoms with Crippen LogP contribution in [-0.4, -0.2) is 29.0 Å². The van der Waals surface area contributed by atoms with Crippen molar-refractivity contribution in [3.63, 3.8) is 0 Å². The van der Waals surface area contributed by atoms with Gasteiger partial charge in [0, 0.05) is 17.8 Å². The summed E-state index contributed by atoms with van der Waals surface area (Å²) in [5.74, 6) is 0. The van der Waals surface area contributed by atoms with Crippen molar-refractivity contribution in [2.24, 2.45) is 0 Å². The summed E-state index contributed by atoms with van der Waals surface area (Å²) in [6, 6.07) is 10.6. The highest BCUT2D eigenvalue weighted by Crippen LogP contribution is 2.36. The van der Waals surface area contributed by atoms with Gasteiger partial charge in [0.2, 0.25) is 0 Å². The molecule has 6 nitrogen and oxygen atoms in total. The fourth-order valence-electron chi connectivity index (χ4n) is 3.97. The largest absolute Gasteiger partial charge is 0.399 e. The van der Waals surface area contributed by atoms with Crippen LogP contribution in [0.25, 0.3) is 11.0 Å². The SMILES string of the molecule is CC(C)(C)[Si](C)(C)OCn1cc(CO)c(=O)c2cc(NC3Cc4ccccc4C3)cnc21. The topological polar surface area (TPSA) is 76.4 Å². The van der Waals surface area contributed by atoms with Gasteiger partial charge in [-0.2, -0.15) is 0 Å². The molecule has 2 heterocycles. The molecule has 0 saturated heterocycles. The van der Waals surface area contributed by atoms with Gasteiger partial charge in [0.25, 0.3) is 0 Å². The molecule has 0 bridgehead atoms. The van der Waals surface area contributed by atoms with E-state index in [1.807, 2.05) is 10.6 Å². The molecule has 2 aromatic heterocycles. The quantitative estimate of drug-likeness (QED) is 0.542. The number of anilines is 1. The molecule has 3 aromatic rings. The number of benzene rings is 1. The second kappa shape index (κ2) is 8.46. The summed E-state index contributed by atoms with van der Waals surface area (Å²) in [4.78, 5) is 17.6. The van der Waals surface area contributed by atoms with Crippen molar-refractivity contribution in [2.75, 3.05) is 5.32 Å².